The zero-order chi connectivity index (χ0) is 17.4. The van der Waals surface area contributed by atoms with Gasteiger partial charge in [0.25, 0.3) is 5.56 Å². The second-order valence-electron chi connectivity index (χ2n) is 6.64. The molecule has 128 valence electrons. The van der Waals surface area contributed by atoms with Crippen LogP contribution in [0.25, 0.3) is 5.69 Å². The van der Waals surface area contributed by atoms with Crippen molar-refractivity contribution in [1.82, 2.24) is 9.55 Å². The normalized spacial score (nSPS) is 17.9. The van der Waals surface area contributed by atoms with Gasteiger partial charge in [0.05, 0.1) is 11.7 Å². The number of hydrogen-bond donors (Lipinski definition) is 3. The molecule has 3 N–H and O–H groups in total. The zero-order valence-corrected chi connectivity index (χ0v) is 14.7. The molecule has 2 heterocycles. The summed E-state index contributed by atoms with van der Waals surface area (Å²) in [6.07, 6.45) is 1.04. The number of benzene rings is 1. The van der Waals surface area contributed by atoms with Crippen LogP contribution in [0.1, 0.15) is 37.0 Å². The van der Waals surface area contributed by atoms with Gasteiger partial charge in [-0.05, 0) is 44.4 Å². The van der Waals surface area contributed by atoms with Gasteiger partial charge < -0.3 is 10.2 Å². The molecule has 0 radical (unpaired) electrons. The summed E-state index contributed by atoms with van der Waals surface area (Å²) in [5, 5.41) is 3.33. The number of quaternary nitrogens is 1. The van der Waals surface area contributed by atoms with Crippen molar-refractivity contribution in [3.05, 3.63) is 55.7 Å². The smallest absolute Gasteiger partial charge is 0.324 e. The molecule has 0 bridgehead atoms. The van der Waals surface area contributed by atoms with E-state index in [1.54, 1.807) is 4.57 Å². The van der Waals surface area contributed by atoms with E-state index in [0.29, 0.717) is 30.6 Å². The van der Waals surface area contributed by atoms with Crippen LogP contribution >= 0.6 is 0 Å². The van der Waals surface area contributed by atoms with Crippen LogP contribution in [0, 0.1) is 13.8 Å². The summed E-state index contributed by atoms with van der Waals surface area (Å²) in [5.41, 5.74) is 2.93. The largest absolute Gasteiger partial charge is 0.334 e. The average Bonchev–Trinajstić information content (AvgIpc) is 2.57. The Bertz CT molecular complexity index is 882. The van der Waals surface area contributed by atoms with Gasteiger partial charge in [-0.2, -0.15) is 0 Å². The van der Waals surface area contributed by atoms with Crippen LogP contribution in [0.3, 0.4) is 0 Å². The number of aromatic amines is 1. The van der Waals surface area contributed by atoms with Crippen LogP contribution in [0.4, 0.5) is 5.82 Å². The van der Waals surface area contributed by atoms with Crippen molar-refractivity contribution in [1.29, 1.82) is 0 Å². The van der Waals surface area contributed by atoms with Crippen LogP contribution in [0.15, 0.2) is 27.8 Å². The number of nitrogens with one attached hydrogen (secondary N) is 3. The van der Waals surface area contributed by atoms with Crippen molar-refractivity contribution in [2.45, 2.75) is 46.7 Å². The van der Waals surface area contributed by atoms with E-state index in [1.165, 1.54) is 4.90 Å². The van der Waals surface area contributed by atoms with E-state index < -0.39 is 5.69 Å². The van der Waals surface area contributed by atoms with Crippen LogP contribution in [-0.4, -0.2) is 22.3 Å². The van der Waals surface area contributed by atoms with Crippen molar-refractivity contribution in [3.63, 3.8) is 0 Å². The number of fused-ring (bicyclic) bond motifs is 1. The first kappa shape index (κ1) is 16.5. The number of aryl methyl sites for hydroxylation is 1. The predicted molar refractivity (Wildman–Crippen MR) is 95.0 cm³/mol. The summed E-state index contributed by atoms with van der Waals surface area (Å²) in [4.78, 5) is 28.7. The SMILES string of the molecule is CC[C@H](C)[NH+]1CNc2c(c(=O)[nH]c(=O)n2-c2cccc(C)c2C)C1. The summed E-state index contributed by atoms with van der Waals surface area (Å²) in [5.74, 6) is 0.629. The fourth-order valence-electron chi connectivity index (χ4n) is 3.25. The van der Waals surface area contributed by atoms with Crippen molar-refractivity contribution >= 4 is 5.82 Å². The van der Waals surface area contributed by atoms with E-state index in [-0.39, 0.29) is 5.56 Å². The van der Waals surface area contributed by atoms with E-state index in [0.717, 1.165) is 23.2 Å². The highest BCUT2D eigenvalue weighted by Gasteiger charge is 2.28. The molecule has 2 aromatic rings. The lowest BCUT2D eigenvalue weighted by Gasteiger charge is -2.31. The predicted octanol–water partition coefficient (Wildman–Crippen LogP) is 0.709. The lowest BCUT2D eigenvalue weighted by molar-refractivity contribution is -0.935. The summed E-state index contributed by atoms with van der Waals surface area (Å²) in [7, 11) is 0. The third-order valence-electron chi connectivity index (χ3n) is 5.22. The van der Waals surface area contributed by atoms with Gasteiger partial charge in [-0.3, -0.25) is 9.78 Å². The molecule has 1 aliphatic heterocycles. The molecule has 1 aliphatic rings. The zero-order valence-electron chi connectivity index (χ0n) is 14.7. The summed E-state index contributed by atoms with van der Waals surface area (Å²) >= 11 is 0. The number of hydrogen-bond acceptors (Lipinski definition) is 3. The van der Waals surface area contributed by atoms with Gasteiger partial charge in [0.2, 0.25) is 0 Å². The highest BCUT2D eigenvalue weighted by atomic mass is 16.2. The third-order valence-corrected chi connectivity index (χ3v) is 5.22. The first-order chi connectivity index (χ1) is 11.4. The molecule has 24 heavy (non-hydrogen) atoms. The molecule has 0 saturated heterocycles. The highest BCUT2D eigenvalue weighted by molar-refractivity contribution is 5.54. The lowest BCUT2D eigenvalue weighted by Crippen LogP contribution is -3.16. The molecule has 0 fully saturated rings. The van der Waals surface area contributed by atoms with E-state index in [4.69, 9.17) is 0 Å². The van der Waals surface area contributed by atoms with Gasteiger partial charge in [-0.25, -0.2) is 9.36 Å². The molecule has 0 saturated carbocycles. The fraction of sp³-hybridized carbons (Fsp3) is 0.444. The van der Waals surface area contributed by atoms with Gasteiger partial charge in [0, 0.05) is 0 Å². The van der Waals surface area contributed by atoms with E-state index in [9.17, 15) is 9.59 Å². The minimum absolute atomic E-state index is 0.287. The van der Waals surface area contributed by atoms with Crippen LogP contribution in [0.2, 0.25) is 0 Å². The fourth-order valence-corrected chi connectivity index (χ4v) is 3.25. The molecule has 6 nitrogen and oxygen atoms in total. The molecule has 0 aliphatic carbocycles. The van der Waals surface area contributed by atoms with Gasteiger partial charge in [-0.1, -0.05) is 19.1 Å². The van der Waals surface area contributed by atoms with Crippen LogP contribution in [-0.2, 0) is 6.54 Å². The maximum absolute atomic E-state index is 12.5. The second kappa shape index (κ2) is 6.28. The Hall–Kier alpha value is -2.34. The Balaban J connectivity index is 2.19. The Kier molecular flexibility index (Phi) is 4.32. The number of H-pyrrole nitrogens is 1. The molecule has 2 atom stereocenters. The quantitative estimate of drug-likeness (QED) is 0.777. The topological polar surface area (TPSA) is 71.3 Å². The Morgan fingerprint density at radius 2 is 2.04 bits per heavy atom. The molecule has 3 rings (SSSR count). The van der Waals surface area contributed by atoms with E-state index in [1.807, 2.05) is 32.0 Å². The number of rotatable bonds is 3. The Morgan fingerprint density at radius 1 is 1.29 bits per heavy atom. The van der Waals surface area contributed by atoms with Gasteiger partial charge in [-0.15, -0.1) is 0 Å². The summed E-state index contributed by atoms with van der Waals surface area (Å²) in [6.45, 7) is 9.66. The molecular formula is C18H25N4O2+. The standard InChI is InChI=1S/C18H24N4O2/c1-5-12(3)21-9-14-16(19-10-21)22(18(24)20-17(14)23)15-8-6-7-11(2)13(15)4/h6-8,12,19H,5,9-10H2,1-4H3,(H,20,23,24)/p+1/t12-/m0/s1. The molecule has 0 spiro atoms. The van der Waals surface area contributed by atoms with E-state index >= 15 is 0 Å². The number of nitrogens with zero attached hydrogens (tertiary/aromatic N) is 1. The Labute approximate surface area is 141 Å². The van der Waals surface area contributed by atoms with Crippen molar-refractivity contribution < 1.29 is 4.90 Å². The van der Waals surface area contributed by atoms with Crippen LogP contribution < -0.4 is 21.5 Å². The van der Waals surface area contributed by atoms with Gasteiger partial charge in [0.1, 0.15) is 17.9 Å². The van der Waals surface area contributed by atoms with E-state index in [2.05, 4.69) is 24.1 Å². The highest BCUT2D eigenvalue weighted by Crippen LogP contribution is 2.21. The van der Waals surface area contributed by atoms with Crippen molar-refractivity contribution in [2.24, 2.45) is 0 Å². The first-order valence-corrected chi connectivity index (χ1v) is 8.47. The molecule has 1 aromatic carbocycles. The third kappa shape index (κ3) is 2.67. The van der Waals surface area contributed by atoms with Crippen LogP contribution in [0.5, 0.6) is 0 Å². The van der Waals surface area contributed by atoms with Gasteiger partial charge in [0.15, 0.2) is 6.67 Å². The van der Waals surface area contributed by atoms with Crippen molar-refractivity contribution in [3.8, 4) is 5.69 Å². The first-order valence-electron chi connectivity index (χ1n) is 8.47. The maximum atomic E-state index is 12.5. The summed E-state index contributed by atoms with van der Waals surface area (Å²) < 4.78 is 1.60. The molecule has 6 heteroatoms. The number of anilines is 1. The molecule has 1 unspecified atom stereocenters. The Morgan fingerprint density at radius 3 is 2.75 bits per heavy atom. The molecule has 0 amide bonds. The van der Waals surface area contributed by atoms with Crippen molar-refractivity contribution in [2.75, 3.05) is 12.0 Å². The second-order valence-corrected chi connectivity index (χ2v) is 6.64. The summed E-state index contributed by atoms with van der Waals surface area (Å²) in [6, 6.07) is 6.31. The minimum Gasteiger partial charge on any atom is -0.324 e. The molecular weight excluding hydrogens is 304 g/mol. The number of aromatic nitrogens is 2. The van der Waals surface area contributed by atoms with Gasteiger partial charge >= 0.3 is 5.69 Å². The average molecular weight is 329 g/mol. The minimum atomic E-state index is -0.396. The lowest BCUT2D eigenvalue weighted by atomic mass is 10.1. The monoisotopic (exact) mass is 329 g/mol. The maximum Gasteiger partial charge on any atom is 0.334 e. The molecule has 1 aromatic heterocycles.